The first-order chi connectivity index (χ1) is 7.04. The summed E-state index contributed by atoms with van der Waals surface area (Å²) in [6.07, 6.45) is 2.41. The van der Waals surface area contributed by atoms with Gasteiger partial charge in [0.05, 0.1) is 0 Å². The zero-order valence-electron chi connectivity index (χ0n) is 9.76. The summed E-state index contributed by atoms with van der Waals surface area (Å²) in [5.41, 5.74) is 2.52. The molecule has 2 nitrogen and oxygen atoms in total. The number of rotatable bonds is 1. The van der Waals surface area contributed by atoms with E-state index in [0.717, 1.165) is 12.3 Å². The second-order valence-electron chi connectivity index (χ2n) is 5.06. The van der Waals surface area contributed by atoms with Crippen LogP contribution in [0.4, 0.5) is 5.69 Å². The van der Waals surface area contributed by atoms with Crippen molar-refractivity contribution in [1.29, 1.82) is 0 Å². The van der Waals surface area contributed by atoms with E-state index in [9.17, 15) is 0 Å². The fraction of sp³-hybridized carbons (Fsp3) is 0.538. The SMILES string of the molecule is CC(C)(C)Oc1ccc2c(c1)NCCC2. The molecule has 0 radical (unpaired) electrons. The van der Waals surface area contributed by atoms with Gasteiger partial charge in [0.1, 0.15) is 11.4 Å². The zero-order valence-corrected chi connectivity index (χ0v) is 9.76. The van der Waals surface area contributed by atoms with Gasteiger partial charge >= 0.3 is 0 Å². The molecule has 0 amide bonds. The minimum atomic E-state index is -0.122. The third-order valence-electron chi connectivity index (χ3n) is 2.44. The van der Waals surface area contributed by atoms with Crippen LogP contribution in [0.15, 0.2) is 18.2 Å². The number of benzene rings is 1. The van der Waals surface area contributed by atoms with Gasteiger partial charge in [-0.05, 0) is 45.2 Å². The minimum absolute atomic E-state index is 0.122. The number of anilines is 1. The Labute approximate surface area is 91.6 Å². The van der Waals surface area contributed by atoms with Gasteiger partial charge in [0.15, 0.2) is 0 Å². The summed E-state index contributed by atoms with van der Waals surface area (Å²) in [5, 5.41) is 3.41. The van der Waals surface area contributed by atoms with Crippen molar-refractivity contribution in [3.63, 3.8) is 0 Å². The lowest BCUT2D eigenvalue weighted by atomic mass is 10.0. The van der Waals surface area contributed by atoms with Crippen LogP contribution in [-0.4, -0.2) is 12.1 Å². The molecule has 0 bridgehead atoms. The van der Waals surface area contributed by atoms with Gasteiger partial charge in [0.25, 0.3) is 0 Å². The van der Waals surface area contributed by atoms with Crippen LogP contribution < -0.4 is 10.1 Å². The van der Waals surface area contributed by atoms with Crippen LogP contribution >= 0.6 is 0 Å². The molecule has 2 heteroatoms. The van der Waals surface area contributed by atoms with E-state index in [1.54, 1.807) is 0 Å². The van der Waals surface area contributed by atoms with Crippen molar-refractivity contribution in [3.05, 3.63) is 23.8 Å². The van der Waals surface area contributed by atoms with Crippen LogP contribution in [0.3, 0.4) is 0 Å². The van der Waals surface area contributed by atoms with Crippen molar-refractivity contribution in [1.82, 2.24) is 0 Å². The zero-order chi connectivity index (χ0) is 10.9. The Hall–Kier alpha value is -1.18. The Balaban J connectivity index is 2.21. The van der Waals surface area contributed by atoms with Crippen LogP contribution in [0.5, 0.6) is 5.75 Å². The molecule has 2 rings (SSSR count). The molecule has 0 aromatic heterocycles. The fourth-order valence-corrected chi connectivity index (χ4v) is 1.86. The van der Waals surface area contributed by atoms with Gasteiger partial charge in [-0.15, -0.1) is 0 Å². The minimum Gasteiger partial charge on any atom is -0.488 e. The number of nitrogens with one attached hydrogen (secondary N) is 1. The van der Waals surface area contributed by atoms with Gasteiger partial charge in [-0.2, -0.15) is 0 Å². The van der Waals surface area contributed by atoms with Crippen LogP contribution in [0.1, 0.15) is 32.8 Å². The maximum atomic E-state index is 5.83. The van der Waals surface area contributed by atoms with Gasteiger partial charge < -0.3 is 10.1 Å². The molecular formula is C13H19NO. The second kappa shape index (κ2) is 3.76. The van der Waals surface area contributed by atoms with Gasteiger partial charge in [0.2, 0.25) is 0 Å². The molecule has 1 heterocycles. The monoisotopic (exact) mass is 205 g/mol. The smallest absolute Gasteiger partial charge is 0.122 e. The summed E-state index contributed by atoms with van der Waals surface area (Å²) in [4.78, 5) is 0. The highest BCUT2D eigenvalue weighted by molar-refractivity contribution is 5.56. The number of aryl methyl sites for hydroxylation is 1. The van der Waals surface area contributed by atoms with E-state index in [1.165, 1.54) is 24.1 Å². The molecular weight excluding hydrogens is 186 g/mol. The summed E-state index contributed by atoms with van der Waals surface area (Å²) >= 11 is 0. The molecule has 1 aliphatic heterocycles. The van der Waals surface area contributed by atoms with Crippen LogP contribution in [0.2, 0.25) is 0 Å². The molecule has 0 atom stereocenters. The molecule has 0 saturated carbocycles. The summed E-state index contributed by atoms with van der Waals surface area (Å²) in [7, 11) is 0. The van der Waals surface area contributed by atoms with E-state index in [4.69, 9.17) is 4.74 Å². The van der Waals surface area contributed by atoms with Crippen LogP contribution in [0.25, 0.3) is 0 Å². The number of ether oxygens (including phenoxy) is 1. The average molecular weight is 205 g/mol. The third kappa shape index (κ3) is 2.65. The normalized spacial score (nSPS) is 15.4. The lowest BCUT2D eigenvalue weighted by molar-refractivity contribution is 0.131. The lowest BCUT2D eigenvalue weighted by Gasteiger charge is -2.24. The number of hydrogen-bond acceptors (Lipinski definition) is 2. The first-order valence-electron chi connectivity index (χ1n) is 5.60. The van der Waals surface area contributed by atoms with Crippen LogP contribution in [0, 0.1) is 0 Å². The molecule has 82 valence electrons. The summed E-state index contributed by atoms with van der Waals surface area (Å²) < 4.78 is 5.83. The average Bonchev–Trinajstić information content (AvgIpc) is 2.15. The Morgan fingerprint density at radius 3 is 2.80 bits per heavy atom. The standard InChI is InChI=1S/C13H19NO/c1-13(2,3)15-11-7-6-10-5-4-8-14-12(10)9-11/h6-7,9,14H,4-5,8H2,1-3H3. The summed E-state index contributed by atoms with van der Waals surface area (Å²) in [5.74, 6) is 0.954. The molecule has 1 N–H and O–H groups in total. The molecule has 0 unspecified atom stereocenters. The molecule has 1 aromatic carbocycles. The van der Waals surface area contributed by atoms with E-state index in [2.05, 4.69) is 44.3 Å². The van der Waals surface area contributed by atoms with Gasteiger partial charge in [-0.25, -0.2) is 0 Å². The van der Waals surface area contributed by atoms with E-state index < -0.39 is 0 Å². The highest BCUT2D eigenvalue weighted by Gasteiger charge is 2.14. The molecule has 1 aromatic rings. The quantitative estimate of drug-likeness (QED) is 0.760. The van der Waals surface area contributed by atoms with E-state index in [-0.39, 0.29) is 5.60 Å². The third-order valence-corrected chi connectivity index (χ3v) is 2.44. The molecule has 1 aliphatic rings. The molecule has 15 heavy (non-hydrogen) atoms. The number of hydrogen-bond donors (Lipinski definition) is 1. The highest BCUT2D eigenvalue weighted by Crippen LogP contribution is 2.28. The predicted molar refractivity (Wildman–Crippen MR) is 63.6 cm³/mol. The van der Waals surface area contributed by atoms with E-state index >= 15 is 0 Å². The first kappa shape index (κ1) is 10.3. The molecule has 0 spiro atoms. The van der Waals surface area contributed by atoms with Crippen LogP contribution in [-0.2, 0) is 6.42 Å². The van der Waals surface area contributed by atoms with Crippen molar-refractivity contribution >= 4 is 5.69 Å². The van der Waals surface area contributed by atoms with Crippen molar-refractivity contribution in [2.45, 2.75) is 39.2 Å². The lowest BCUT2D eigenvalue weighted by Crippen LogP contribution is -2.23. The Kier molecular flexibility index (Phi) is 2.59. The van der Waals surface area contributed by atoms with Crippen molar-refractivity contribution in [2.75, 3.05) is 11.9 Å². The summed E-state index contributed by atoms with van der Waals surface area (Å²) in [6.45, 7) is 7.28. The molecule has 0 fully saturated rings. The topological polar surface area (TPSA) is 21.3 Å². The van der Waals surface area contributed by atoms with Crippen molar-refractivity contribution < 1.29 is 4.74 Å². The summed E-state index contributed by atoms with van der Waals surface area (Å²) in [6, 6.07) is 6.35. The van der Waals surface area contributed by atoms with Gasteiger partial charge in [-0.1, -0.05) is 6.07 Å². The van der Waals surface area contributed by atoms with E-state index in [0.29, 0.717) is 0 Å². The highest BCUT2D eigenvalue weighted by atomic mass is 16.5. The van der Waals surface area contributed by atoms with Crippen molar-refractivity contribution in [2.24, 2.45) is 0 Å². The maximum absolute atomic E-state index is 5.83. The predicted octanol–water partition coefficient (Wildman–Crippen LogP) is 3.22. The largest absolute Gasteiger partial charge is 0.488 e. The first-order valence-corrected chi connectivity index (χ1v) is 5.60. The maximum Gasteiger partial charge on any atom is 0.122 e. The molecule has 0 aliphatic carbocycles. The molecule has 0 saturated heterocycles. The Bertz CT molecular complexity index is 352. The second-order valence-corrected chi connectivity index (χ2v) is 5.06. The Morgan fingerprint density at radius 1 is 1.27 bits per heavy atom. The van der Waals surface area contributed by atoms with Gasteiger partial charge in [-0.3, -0.25) is 0 Å². The fourth-order valence-electron chi connectivity index (χ4n) is 1.86. The Morgan fingerprint density at radius 2 is 2.07 bits per heavy atom. The van der Waals surface area contributed by atoms with Gasteiger partial charge in [0, 0.05) is 18.3 Å². The number of fused-ring (bicyclic) bond motifs is 1. The van der Waals surface area contributed by atoms with E-state index in [1.807, 2.05) is 0 Å². The van der Waals surface area contributed by atoms with Crippen molar-refractivity contribution in [3.8, 4) is 5.75 Å².